The summed E-state index contributed by atoms with van der Waals surface area (Å²) in [7, 11) is -3.67. The van der Waals surface area contributed by atoms with Gasteiger partial charge in [0.05, 0.1) is 6.26 Å². The van der Waals surface area contributed by atoms with Gasteiger partial charge in [0, 0.05) is 0 Å². The molecule has 0 aliphatic carbocycles. The van der Waals surface area contributed by atoms with Gasteiger partial charge in [-0.3, -0.25) is 4.55 Å². The van der Waals surface area contributed by atoms with Crippen molar-refractivity contribution in [3.63, 3.8) is 0 Å². The summed E-state index contributed by atoms with van der Waals surface area (Å²) in [6.45, 7) is 0. The normalized spacial score (nSPS) is 12.9. The fraction of sp³-hybridized carbons (Fsp3) is 1.00. The van der Waals surface area contributed by atoms with Gasteiger partial charge in [-0.1, -0.05) is 0 Å². The van der Waals surface area contributed by atoms with Gasteiger partial charge < -0.3 is 0 Å². The van der Waals surface area contributed by atoms with Crippen LogP contribution < -0.4 is 23.0 Å². The summed E-state index contributed by atoms with van der Waals surface area (Å²) < 4.78 is 193. The van der Waals surface area contributed by atoms with Crippen molar-refractivity contribution in [2.75, 3.05) is 6.26 Å². The van der Waals surface area contributed by atoms with E-state index >= 15 is 0 Å². The molecule has 0 heterocycles. The zero-order valence-electron chi connectivity index (χ0n) is 14.3. The summed E-state index contributed by atoms with van der Waals surface area (Å²) >= 11 is -28.4. The van der Waals surface area contributed by atoms with Crippen molar-refractivity contribution in [3.05, 3.63) is 0 Å². The molecule has 0 saturated heterocycles. The molecule has 0 rings (SSSR count). The van der Waals surface area contributed by atoms with Gasteiger partial charge >= 0.3 is 169 Å². The molecule has 30 heteroatoms. The van der Waals surface area contributed by atoms with E-state index in [4.69, 9.17) is 64.2 Å². The van der Waals surface area contributed by atoms with E-state index in [1.54, 1.807) is 0 Å². The minimum atomic E-state index is -5.88. The second kappa shape index (κ2) is 20.9. The van der Waals surface area contributed by atoms with Gasteiger partial charge in [-0.25, -0.2) is 0 Å². The van der Waals surface area contributed by atoms with E-state index in [0.717, 1.165) is 0 Å². The Morgan fingerprint density at radius 3 is 0.581 bits per heavy atom. The summed E-state index contributed by atoms with van der Waals surface area (Å²) in [5.41, 5.74) is 0. The first-order valence-electron chi connectivity index (χ1n) is 4.66. The molecule has 18 nitrogen and oxygen atoms in total. The van der Waals surface area contributed by atoms with E-state index in [1.807, 2.05) is 0 Å². The maximum absolute atomic E-state index is 10.4. The number of rotatable bonds is 0. The van der Waals surface area contributed by atoms with Crippen molar-refractivity contribution in [2.45, 2.75) is 0 Å². The molecule has 0 spiro atoms. The average molecular weight is 822 g/mol. The third kappa shape index (κ3) is 11500. The van der Waals surface area contributed by atoms with E-state index in [2.05, 4.69) is 0 Å². The first-order valence-corrected chi connectivity index (χ1v) is 22.2. The summed E-state index contributed by atoms with van der Waals surface area (Å²) in [6, 6.07) is 0. The molecule has 1 atom stereocenters. The predicted octanol–water partition coefficient (Wildman–Crippen LogP) is -10.1. The van der Waals surface area contributed by atoms with Crippen molar-refractivity contribution in [3.8, 4) is 0 Å². The minimum Gasteiger partial charge on any atom is 1.00 e. The van der Waals surface area contributed by atoms with Crippen molar-refractivity contribution in [1.82, 2.24) is 0 Å². The van der Waals surface area contributed by atoms with Gasteiger partial charge in [0.25, 0.3) is 10.1 Å². The molecule has 192 valence electrons. The Morgan fingerprint density at radius 1 is 0.581 bits per heavy atom. The summed E-state index contributed by atoms with van der Waals surface area (Å²) in [5, 5.41) is 0. The summed E-state index contributed by atoms with van der Waals surface area (Å²) in [6.07, 6.45) is 0.715. The zero-order chi connectivity index (χ0) is 27.0. The molecule has 0 saturated carbocycles. The Bertz CT molecular complexity index is 587. The topological polar surface area (TPSA) is 345 Å². The predicted molar refractivity (Wildman–Crippen MR) is 75.2 cm³/mol. The number of hydrogen-bond donors (Lipinski definition) is 10. The molecule has 0 aromatic rings. The van der Waals surface area contributed by atoms with Gasteiger partial charge in [-0.15, -0.1) is 0 Å². The molecule has 0 fully saturated rings. The van der Waals surface area contributed by atoms with Crippen LogP contribution in [0.25, 0.3) is 0 Å². The molecular weight excluding hydrogens is 809 g/mol. The number of hydrogen-bond acceptors (Lipinski definition) is 8. The Morgan fingerprint density at radius 2 is 0.581 bits per heavy atom. The molecule has 0 aromatic heterocycles. The van der Waals surface area contributed by atoms with Gasteiger partial charge in [0.2, 0.25) is 0 Å². The van der Waals surface area contributed by atoms with E-state index < -0.39 is 83.3 Å². The van der Waals surface area contributed by atoms with Crippen LogP contribution in [0.1, 0.15) is 0 Å². The third-order valence-electron chi connectivity index (χ3n) is 0. The Hall–Kier alpha value is 1.55. The van der Waals surface area contributed by atoms with Crippen molar-refractivity contribution < 1.29 is 109 Å². The summed E-state index contributed by atoms with van der Waals surface area (Å²) in [5.74, 6) is 0. The summed E-state index contributed by atoms with van der Waals surface area (Å²) in [4.78, 5) is 0. The van der Waals surface area contributed by atoms with Crippen LogP contribution in [0, 0.1) is 0 Å². The maximum atomic E-state index is 10.4. The second-order valence-electron chi connectivity index (χ2n) is 3.08. The van der Waals surface area contributed by atoms with Crippen LogP contribution in [0.2, 0.25) is 0 Å². The molecule has 0 aromatic carbocycles. The quantitative estimate of drug-likeness (QED) is 0.0616. The van der Waals surface area contributed by atoms with E-state index in [1.165, 1.54) is 0 Å². The molecule has 0 amide bonds. The average Bonchev–Trinajstić information content (AvgIpc) is 1.94. The molecule has 1 unspecified atom stereocenters. The zero-order valence-corrected chi connectivity index (χ0v) is 24.5. The second-order valence-corrected chi connectivity index (χ2v) is 14.4. The Balaban J connectivity index is -0.0000000443. The Kier molecular flexibility index (Phi) is 33.4. The van der Waals surface area contributed by atoms with Crippen molar-refractivity contribution in [2.24, 2.45) is 0 Å². The van der Waals surface area contributed by atoms with Crippen LogP contribution in [-0.4, -0.2) is 129 Å². The van der Waals surface area contributed by atoms with Crippen LogP contribution in [0.3, 0.4) is 0 Å². The molecule has 0 radical (unpaired) electrons. The van der Waals surface area contributed by atoms with E-state index in [-0.39, 0.29) is 18.9 Å². The minimum absolute atomic E-state index is 0. The molecule has 0 bridgehead atoms. The first kappa shape index (κ1) is 49.6. The SMILES string of the molecule is CS(=O)(=O)O.O=[As](O)(O)F.O=[As](O)(O)F.O=[As](O)(O)F.O=[As](O)(O)F.O=[As]([O-])(O)F.[Li+]. The molecule has 0 aliphatic rings. The smallest absolute Gasteiger partial charge is 1.00 e. The van der Waals surface area contributed by atoms with Crippen molar-refractivity contribution >= 4 is 83.3 Å². The standard InChI is InChI=1S/CH4O3S.5AsFH2O3.Li/c1-5(2,3)4;5*2-1(3,4)5;/h1H3,(H,2,3,4);5*(H2,3,4,5);/q;;;;;;+1/p-1. The van der Waals surface area contributed by atoms with Crippen LogP contribution >= 0.6 is 0 Å². The van der Waals surface area contributed by atoms with Crippen LogP contribution in [-0.2, 0) is 28.8 Å². The van der Waals surface area contributed by atoms with Crippen LogP contribution in [0.15, 0.2) is 0 Å². The number of halogens is 5. The van der Waals surface area contributed by atoms with Gasteiger partial charge in [0.15, 0.2) is 0 Å². The molecule has 10 N–H and O–H groups in total. The third-order valence-corrected chi connectivity index (χ3v) is 0. The monoisotopic (exact) mass is 822 g/mol. The van der Waals surface area contributed by atoms with Crippen molar-refractivity contribution in [1.29, 1.82) is 0 Å². The van der Waals surface area contributed by atoms with Gasteiger partial charge in [0.1, 0.15) is 0 Å². The Labute approximate surface area is 196 Å². The maximum Gasteiger partial charge on any atom is 1.00 e. The largest absolute Gasteiger partial charge is 1.00 e. The molecule has 31 heavy (non-hydrogen) atoms. The van der Waals surface area contributed by atoms with E-state index in [0.29, 0.717) is 6.26 Å². The fourth-order valence-electron chi connectivity index (χ4n) is 0. The van der Waals surface area contributed by atoms with Gasteiger partial charge in [-0.05, 0) is 0 Å². The first-order chi connectivity index (χ1) is 12.0. The molecular formula is CH13As5F5LiO18S. The van der Waals surface area contributed by atoms with Crippen LogP contribution in [0.5, 0.6) is 0 Å². The molecule has 0 aliphatic heterocycles. The van der Waals surface area contributed by atoms with Gasteiger partial charge in [-0.2, -0.15) is 8.42 Å². The van der Waals surface area contributed by atoms with Crippen LogP contribution in [0.4, 0.5) is 17.3 Å². The fourth-order valence-corrected chi connectivity index (χ4v) is 0. The van der Waals surface area contributed by atoms with E-state index in [9.17, 15) is 25.8 Å².